The van der Waals surface area contributed by atoms with Gasteiger partial charge in [-0.2, -0.15) is 0 Å². The Kier molecular flexibility index (Phi) is 6.16. The Balaban J connectivity index is 3.16. The molecule has 1 amide bonds. The van der Waals surface area contributed by atoms with Gasteiger partial charge in [-0.05, 0) is 37.1 Å². The molecular formula is C15H18ClNO2. The molecular weight excluding hydrogens is 262 g/mol. The summed E-state index contributed by atoms with van der Waals surface area (Å²) < 4.78 is 5.05. The molecule has 0 saturated heterocycles. The van der Waals surface area contributed by atoms with Crippen molar-refractivity contribution >= 4 is 23.4 Å². The van der Waals surface area contributed by atoms with Crippen molar-refractivity contribution in [1.82, 2.24) is 0 Å². The van der Waals surface area contributed by atoms with Crippen molar-refractivity contribution in [3.05, 3.63) is 54.1 Å². The lowest BCUT2D eigenvalue weighted by Gasteiger charge is -2.23. The number of benzene rings is 1. The molecule has 1 rings (SSSR count). The van der Waals surface area contributed by atoms with Gasteiger partial charge >= 0.3 is 6.09 Å². The highest BCUT2D eigenvalue weighted by molar-refractivity contribution is 6.30. The molecule has 0 N–H and O–H groups in total. The number of anilines is 1. The van der Waals surface area contributed by atoms with Gasteiger partial charge < -0.3 is 4.74 Å². The van der Waals surface area contributed by atoms with Crippen LogP contribution in [0, 0.1) is 0 Å². The van der Waals surface area contributed by atoms with E-state index in [2.05, 4.69) is 13.2 Å². The van der Waals surface area contributed by atoms with Crippen molar-refractivity contribution in [2.75, 3.05) is 18.1 Å². The maximum absolute atomic E-state index is 12.0. The summed E-state index contributed by atoms with van der Waals surface area (Å²) in [7, 11) is 0. The minimum absolute atomic E-state index is 0.330. The van der Waals surface area contributed by atoms with Gasteiger partial charge in [-0.1, -0.05) is 23.8 Å². The van der Waals surface area contributed by atoms with Gasteiger partial charge in [0.15, 0.2) is 0 Å². The molecule has 19 heavy (non-hydrogen) atoms. The third-order valence-corrected chi connectivity index (χ3v) is 2.73. The monoisotopic (exact) mass is 279 g/mol. The average molecular weight is 280 g/mol. The number of carbonyl (C=O) groups excluding carboxylic acids is 1. The normalized spacial score (nSPS) is 9.79. The zero-order valence-electron chi connectivity index (χ0n) is 11.1. The first-order chi connectivity index (χ1) is 9.13. The molecule has 0 aliphatic carbocycles. The number of carbonyl (C=O) groups is 1. The van der Waals surface area contributed by atoms with Crippen LogP contribution < -0.4 is 4.90 Å². The highest BCUT2D eigenvalue weighted by atomic mass is 35.5. The lowest BCUT2D eigenvalue weighted by molar-refractivity contribution is 0.160. The van der Waals surface area contributed by atoms with Gasteiger partial charge in [-0.3, -0.25) is 4.90 Å². The van der Waals surface area contributed by atoms with Crippen LogP contribution in [0.3, 0.4) is 0 Å². The van der Waals surface area contributed by atoms with Crippen LogP contribution in [0.5, 0.6) is 0 Å². The second-order valence-corrected chi connectivity index (χ2v) is 4.30. The van der Waals surface area contributed by atoms with E-state index in [1.807, 2.05) is 12.1 Å². The number of allylic oxidation sites excluding steroid dienone is 1. The molecule has 0 atom stereocenters. The van der Waals surface area contributed by atoms with Crippen LogP contribution in [-0.4, -0.2) is 19.2 Å². The Morgan fingerprint density at radius 2 is 2.16 bits per heavy atom. The number of amides is 1. The van der Waals surface area contributed by atoms with E-state index in [-0.39, 0.29) is 0 Å². The van der Waals surface area contributed by atoms with Gasteiger partial charge in [-0.15, -0.1) is 13.2 Å². The van der Waals surface area contributed by atoms with Crippen molar-refractivity contribution in [3.8, 4) is 0 Å². The largest absolute Gasteiger partial charge is 0.449 e. The smallest absolute Gasteiger partial charge is 0.414 e. The highest BCUT2D eigenvalue weighted by Crippen LogP contribution is 2.26. The van der Waals surface area contributed by atoms with E-state index in [9.17, 15) is 4.79 Å². The summed E-state index contributed by atoms with van der Waals surface area (Å²) in [5.41, 5.74) is 1.69. The zero-order chi connectivity index (χ0) is 14.3. The summed E-state index contributed by atoms with van der Waals surface area (Å²) in [6.45, 7) is 9.87. The SMILES string of the molecule is C=CCc1cc(Cl)ccc1N(CC=C)C(=O)OCC. The maximum atomic E-state index is 12.0. The Bertz CT molecular complexity index is 471. The minimum Gasteiger partial charge on any atom is -0.449 e. The van der Waals surface area contributed by atoms with Gasteiger partial charge in [0, 0.05) is 11.6 Å². The van der Waals surface area contributed by atoms with Gasteiger partial charge in [0.2, 0.25) is 0 Å². The zero-order valence-corrected chi connectivity index (χ0v) is 11.8. The van der Waals surface area contributed by atoms with Gasteiger partial charge in [0.1, 0.15) is 0 Å². The molecule has 102 valence electrons. The first-order valence-corrected chi connectivity index (χ1v) is 6.46. The lowest BCUT2D eigenvalue weighted by Crippen LogP contribution is -2.32. The number of hydrogen-bond acceptors (Lipinski definition) is 2. The fourth-order valence-corrected chi connectivity index (χ4v) is 1.93. The van der Waals surface area contributed by atoms with E-state index >= 15 is 0 Å². The lowest BCUT2D eigenvalue weighted by atomic mass is 10.1. The number of ether oxygens (including phenoxy) is 1. The summed E-state index contributed by atoms with van der Waals surface area (Å²) in [6, 6.07) is 5.38. The summed E-state index contributed by atoms with van der Waals surface area (Å²) in [6.07, 6.45) is 3.66. The predicted octanol–water partition coefficient (Wildman–Crippen LogP) is 4.22. The molecule has 1 aromatic carbocycles. The Labute approximate surface area is 119 Å². The molecule has 1 aromatic rings. The van der Waals surface area contributed by atoms with Crippen molar-refractivity contribution < 1.29 is 9.53 Å². The molecule has 0 aliphatic heterocycles. The quantitative estimate of drug-likeness (QED) is 0.730. The Hall–Kier alpha value is -1.74. The Morgan fingerprint density at radius 1 is 1.42 bits per heavy atom. The fraction of sp³-hybridized carbons (Fsp3) is 0.267. The summed E-state index contributed by atoms with van der Waals surface area (Å²) in [5.74, 6) is 0. The molecule has 0 aliphatic rings. The van der Waals surface area contributed by atoms with Crippen molar-refractivity contribution in [2.24, 2.45) is 0 Å². The van der Waals surface area contributed by atoms with E-state index in [0.717, 1.165) is 11.3 Å². The first-order valence-electron chi connectivity index (χ1n) is 6.08. The number of halogens is 1. The fourth-order valence-electron chi connectivity index (χ4n) is 1.74. The third kappa shape index (κ3) is 4.14. The standard InChI is InChI=1S/C15H18ClNO2/c1-4-7-12-11-13(16)8-9-14(12)17(10-5-2)15(18)19-6-3/h4-5,8-9,11H,1-2,6-7,10H2,3H3. The Morgan fingerprint density at radius 3 is 2.74 bits per heavy atom. The second-order valence-electron chi connectivity index (χ2n) is 3.86. The van der Waals surface area contributed by atoms with Gasteiger partial charge in [0.25, 0.3) is 0 Å². The molecule has 0 radical (unpaired) electrons. The summed E-state index contributed by atoms with van der Waals surface area (Å²) in [4.78, 5) is 13.5. The summed E-state index contributed by atoms with van der Waals surface area (Å²) >= 11 is 5.99. The third-order valence-electron chi connectivity index (χ3n) is 2.50. The molecule has 0 spiro atoms. The van der Waals surface area contributed by atoms with Gasteiger partial charge in [0.05, 0.1) is 12.3 Å². The van der Waals surface area contributed by atoms with Gasteiger partial charge in [-0.25, -0.2) is 4.79 Å². The predicted molar refractivity (Wildman–Crippen MR) is 79.9 cm³/mol. The molecule has 0 heterocycles. The number of rotatable bonds is 6. The molecule has 0 aromatic heterocycles. The average Bonchev–Trinajstić information content (AvgIpc) is 2.37. The molecule has 0 unspecified atom stereocenters. The van der Waals surface area contributed by atoms with E-state index < -0.39 is 6.09 Å². The molecule has 4 heteroatoms. The van der Waals surface area contributed by atoms with E-state index in [1.165, 1.54) is 4.90 Å². The van der Waals surface area contributed by atoms with Crippen LogP contribution in [0.25, 0.3) is 0 Å². The van der Waals surface area contributed by atoms with E-state index in [4.69, 9.17) is 16.3 Å². The van der Waals surface area contributed by atoms with Crippen LogP contribution in [0.15, 0.2) is 43.5 Å². The van der Waals surface area contributed by atoms with Crippen LogP contribution in [0.2, 0.25) is 5.02 Å². The van der Waals surface area contributed by atoms with Crippen molar-refractivity contribution in [3.63, 3.8) is 0 Å². The van der Waals surface area contributed by atoms with Crippen LogP contribution in [0.1, 0.15) is 12.5 Å². The van der Waals surface area contributed by atoms with Crippen molar-refractivity contribution in [2.45, 2.75) is 13.3 Å². The molecule has 0 fully saturated rings. The molecule has 0 saturated carbocycles. The van der Waals surface area contributed by atoms with Crippen LogP contribution in [-0.2, 0) is 11.2 Å². The molecule has 3 nitrogen and oxygen atoms in total. The minimum atomic E-state index is -0.393. The van der Waals surface area contributed by atoms with E-state index in [0.29, 0.717) is 24.6 Å². The van der Waals surface area contributed by atoms with Crippen LogP contribution in [0.4, 0.5) is 10.5 Å². The van der Waals surface area contributed by atoms with Crippen LogP contribution >= 0.6 is 11.6 Å². The number of hydrogen-bond donors (Lipinski definition) is 0. The second kappa shape index (κ2) is 7.64. The highest BCUT2D eigenvalue weighted by Gasteiger charge is 2.18. The summed E-state index contributed by atoms with van der Waals surface area (Å²) in [5, 5.41) is 0.628. The topological polar surface area (TPSA) is 29.5 Å². The number of nitrogens with zero attached hydrogens (tertiary/aromatic N) is 1. The molecule has 0 bridgehead atoms. The first kappa shape index (κ1) is 15.3. The van der Waals surface area contributed by atoms with Crippen molar-refractivity contribution in [1.29, 1.82) is 0 Å². The maximum Gasteiger partial charge on any atom is 0.414 e. The van der Waals surface area contributed by atoms with E-state index in [1.54, 1.807) is 25.1 Å².